The molecular weight excluding hydrogens is 312 g/mol. The third-order valence-corrected chi connectivity index (χ3v) is 3.58. The maximum Gasteiger partial charge on any atom is 0.128 e. The molecule has 1 aromatic heterocycles. The molecule has 0 spiro atoms. The molecule has 4 heteroatoms. The van der Waals surface area contributed by atoms with Gasteiger partial charge in [-0.05, 0) is 41.8 Å². The Labute approximate surface area is 117 Å². The molecule has 0 N–H and O–H groups in total. The predicted molar refractivity (Wildman–Crippen MR) is 75.1 cm³/mol. The summed E-state index contributed by atoms with van der Waals surface area (Å²) >= 11 is 3.42. The van der Waals surface area contributed by atoms with Crippen molar-refractivity contribution in [3.63, 3.8) is 0 Å². The van der Waals surface area contributed by atoms with Gasteiger partial charge in [-0.3, -0.25) is 0 Å². The van der Waals surface area contributed by atoms with Crippen LogP contribution in [-0.4, -0.2) is 4.57 Å². The summed E-state index contributed by atoms with van der Waals surface area (Å²) in [6, 6.07) is 11.4. The average molecular weight is 322 g/mol. The van der Waals surface area contributed by atoms with Gasteiger partial charge in [0.05, 0.1) is 6.54 Å². The lowest BCUT2D eigenvalue weighted by Gasteiger charge is -2.07. The first kappa shape index (κ1) is 12.4. The summed E-state index contributed by atoms with van der Waals surface area (Å²) in [5.41, 5.74) is 1.33. The number of benzene rings is 2. The molecule has 1 nitrogen and oxygen atoms in total. The van der Waals surface area contributed by atoms with Gasteiger partial charge in [-0.1, -0.05) is 22.0 Å². The van der Waals surface area contributed by atoms with E-state index in [4.69, 9.17) is 0 Å². The molecule has 0 aliphatic heterocycles. The largest absolute Gasteiger partial charge is 0.343 e. The molecule has 0 saturated heterocycles. The molecule has 3 rings (SSSR count). The van der Waals surface area contributed by atoms with Gasteiger partial charge in [0.25, 0.3) is 0 Å². The standard InChI is InChI=1S/C15H10BrF2N/c16-12-2-1-10-5-6-19(15(10)8-12)9-11-7-13(17)3-4-14(11)18/h1-8H,9H2. The summed E-state index contributed by atoms with van der Waals surface area (Å²) in [6.07, 6.45) is 1.88. The molecule has 0 aliphatic rings. The third kappa shape index (κ3) is 2.40. The molecule has 0 unspecified atom stereocenters. The molecule has 0 amide bonds. The molecule has 0 bridgehead atoms. The molecule has 0 fully saturated rings. The Bertz CT molecular complexity index is 749. The Morgan fingerprint density at radius 1 is 1.00 bits per heavy atom. The van der Waals surface area contributed by atoms with E-state index >= 15 is 0 Å². The average Bonchev–Trinajstić information content (AvgIpc) is 2.77. The van der Waals surface area contributed by atoms with Crippen molar-refractivity contribution in [2.24, 2.45) is 0 Å². The first-order chi connectivity index (χ1) is 9.13. The first-order valence-corrected chi connectivity index (χ1v) is 6.61. The van der Waals surface area contributed by atoms with Crippen molar-refractivity contribution in [2.45, 2.75) is 6.54 Å². The van der Waals surface area contributed by atoms with E-state index in [1.54, 1.807) is 0 Å². The van der Waals surface area contributed by atoms with Crippen LogP contribution in [0, 0.1) is 11.6 Å². The van der Waals surface area contributed by atoms with E-state index in [2.05, 4.69) is 15.9 Å². The van der Waals surface area contributed by atoms with E-state index in [0.29, 0.717) is 12.1 Å². The Hall–Kier alpha value is -1.68. The van der Waals surface area contributed by atoms with E-state index < -0.39 is 11.6 Å². The molecule has 19 heavy (non-hydrogen) atoms. The zero-order chi connectivity index (χ0) is 13.4. The van der Waals surface area contributed by atoms with Crippen molar-refractivity contribution in [3.8, 4) is 0 Å². The van der Waals surface area contributed by atoms with Crippen LogP contribution < -0.4 is 0 Å². The van der Waals surface area contributed by atoms with Crippen LogP contribution in [-0.2, 0) is 6.54 Å². The molecule has 0 atom stereocenters. The summed E-state index contributed by atoms with van der Waals surface area (Å²) in [6.45, 7) is 0.309. The van der Waals surface area contributed by atoms with Crippen LogP contribution in [0.5, 0.6) is 0 Å². The minimum atomic E-state index is -0.422. The van der Waals surface area contributed by atoms with Gasteiger partial charge in [0, 0.05) is 21.7 Å². The summed E-state index contributed by atoms with van der Waals surface area (Å²) in [7, 11) is 0. The summed E-state index contributed by atoms with van der Waals surface area (Å²) in [5.74, 6) is -0.813. The van der Waals surface area contributed by atoms with Gasteiger partial charge in [0.15, 0.2) is 0 Å². The number of hydrogen-bond acceptors (Lipinski definition) is 0. The summed E-state index contributed by atoms with van der Waals surface area (Å²) in [5, 5.41) is 1.07. The fourth-order valence-electron chi connectivity index (χ4n) is 2.14. The highest BCUT2D eigenvalue weighted by Crippen LogP contribution is 2.22. The second kappa shape index (κ2) is 4.78. The summed E-state index contributed by atoms with van der Waals surface area (Å²) < 4.78 is 29.7. The number of rotatable bonds is 2. The van der Waals surface area contributed by atoms with Gasteiger partial charge < -0.3 is 4.57 Å². The second-order valence-corrected chi connectivity index (χ2v) is 5.30. The highest BCUT2D eigenvalue weighted by molar-refractivity contribution is 9.10. The van der Waals surface area contributed by atoms with Gasteiger partial charge in [0.2, 0.25) is 0 Å². The van der Waals surface area contributed by atoms with Crippen molar-refractivity contribution in [2.75, 3.05) is 0 Å². The van der Waals surface area contributed by atoms with Crippen LogP contribution in [0.1, 0.15) is 5.56 Å². The van der Waals surface area contributed by atoms with Crippen LogP contribution in [0.15, 0.2) is 53.1 Å². The molecule has 2 aromatic carbocycles. The van der Waals surface area contributed by atoms with E-state index in [1.165, 1.54) is 6.07 Å². The van der Waals surface area contributed by atoms with Gasteiger partial charge in [-0.15, -0.1) is 0 Å². The Morgan fingerprint density at radius 3 is 2.68 bits per heavy atom. The van der Waals surface area contributed by atoms with Crippen molar-refractivity contribution in [3.05, 3.63) is 70.3 Å². The number of fused-ring (bicyclic) bond motifs is 1. The molecule has 0 radical (unpaired) electrons. The highest BCUT2D eigenvalue weighted by atomic mass is 79.9. The van der Waals surface area contributed by atoms with Gasteiger partial charge in [-0.2, -0.15) is 0 Å². The van der Waals surface area contributed by atoms with Gasteiger partial charge in [-0.25, -0.2) is 8.78 Å². The number of nitrogens with zero attached hydrogens (tertiary/aromatic N) is 1. The quantitative estimate of drug-likeness (QED) is 0.643. The topological polar surface area (TPSA) is 4.93 Å². The zero-order valence-corrected chi connectivity index (χ0v) is 11.5. The first-order valence-electron chi connectivity index (χ1n) is 5.82. The minimum absolute atomic E-state index is 0.309. The van der Waals surface area contributed by atoms with E-state index in [9.17, 15) is 8.78 Å². The number of halogens is 3. The highest BCUT2D eigenvalue weighted by Gasteiger charge is 2.07. The van der Waals surface area contributed by atoms with Crippen molar-refractivity contribution < 1.29 is 8.78 Å². The Kier molecular flexibility index (Phi) is 3.11. The van der Waals surface area contributed by atoms with Gasteiger partial charge in [0.1, 0.15) is 11.6 Å². The normalized spacial score (nSPS) is 11.1. The van der Waals surface area contributed by atoms with Crippen LogP contribution in [0.4, 0.5) is 8.78 Å². The minimum Gasteiger partial charge on any atom is -0.343 e. The van der Waals surface area contributed by atoms with E-state index in [0.717, 1.165) is 27.5 Å². The monoisotopic (exact) mass is 321 g/mol. The lowest BCUT2D eigenvalue weighted by molar-refractivity contribution is 0.579. The fourth-order valence-corrected chi connectivity index (χ4v) is 2.49. The van der Waals surface area contributed by atoms with Crippen LogP contribution in [0.3, 0.4) is 0 Å². The zero-order valence-electron chi connectivity index (χ0n) is 9.91. The molecule has 96 valence electrons. The van der Waals surface area contributed by atoms with Crippen LogP contribution >= 0.6 is 15.9 Å². The molecule has 0 saturated carbocycles. The lowest BCUT2D eigenvalue weighted by atomic mass is 10.2. The van der Waals surface area contributed by atoms with E-state index in [1.807, 2.05) is 35.0 Å². The Balaban J connectivity index is 2.05. The van der Waals surface area contributed by atoms with Crippen molar-refractivity contribution >= 4 is 26.8 Å². The summed E-state index contributed by atoms with van der Waals surface area (Å²) in [4.78, 5) is 0. The molecule has 0 aliphatic carbocycles. The SMILES string of the molecule is Fc1ccc(F)c(Cn2ccc3ccc(Br)cc32)c1. The van der Waals surface area contributed by atoms with E-state index in [-0.39, 0.29) is 0 Å². The molecule has 1 heterocycles. The lowest BCUT2D eigenvalue weighted by Crippen LogP contribution is -2.01. The van der Waals surface area contributed by atoms with Gasteiger partial charge >= 0.3 is 0 Å². The predicted octanol–water partition coefficient (Wildman–Crippen LogP) is 4.73. The second-order valence-electron chi connectivity index (χ2n) is 4.38. The van der Waals surface area contributed by atoms with Crippen LogP contribution in [0.2, 0.25) is 0 Å². The van der Waals surface area contributed by atoms with Crippen LogP contribution in [0.25, 0.3) is 10.9 Å². The fraction of sp³-hybridized carbons (Fsp3) is 0.0667. The molecular formula is C15H10BrF2N. The maximum absolute atomic E-state index is 13.7. The Morgan fingerprint density at radius 2 is 1.84 bits per heavy atom. The smallest absolute Gasteiger partial charge is 0.128 e. The van der Waals surface area contributed by atoms with Crippen molar-refractivity contribution in [1.29, 1.82) is 0 Å². The number of aromatic nitrogens is 1. The maximum atomic E-state index is 13.7. The third-order valence-electron chi connectivity index (χ3n) is 3.08. The molecule has 3 aromatic rings. The number of hydrogen-bond donors (Lipinski definition) is 0. The van der Waals surface area contributed by atoms with Crippen molar-refractivity contribution in [1.82, 2.24) is 4.57 Å².